The van der Waals surface area contributed by atoms with Crippen LogP contribution in [0.25, 0.3) is 0 Å². The minimum atomic E-state index is -0.0816. The van der Waals surface area contributed by atoms with Gasteiger partial charge in [0.15, 0.2) is 5.78 Å². The molecule has 0 N–H and O–H groups in total. The van der Waals surface area contributed by atoms with Crippen LogP contribution in [0.3, 0.4) is 0 Å². The van der Waals surface area contributed by atoms with Crippen LogP contribution in [0, 0.1) is 0 Å². The fraction of sp³-hybridized carbons (Fsp3) is 0.643. The minimum Gasteiger partial charge on any atom is -0.309 e. The normalized spacial score (nSPS) is 13.2. The molecule has 0 aliphatic rings. The van der Waals surface area contributed by atoms with Crippen molar-refractivity contribution < 1.29 is 4.79 Å². The number of carbonyl (C=O) groups is 1. The number of Topliss-reactive ketones (excluding diaryl/α,β-unsaturated/α-hetero) is 1. The third kappa shape index (κ3) is 5.22. The van der Waals surface area contributed by atoms with Gasteiger partial charge < -0.3 is 4.90 Å². The van der Waals surface area contributed by atoms with E-state index in [0.29, 0.717) is 4.34 Å². The van der Waals surface area contributed by atoms with E-state index in [4.69, 9.17) is 11.6 Å². The van der Waals surface area contributed by atoms with Gasteiger partial charge in [0.25, 0.3) is 0 Å². The largest absolute Gasteiger partial charge is 0.309 e. The second-order valence-corrected chi connectivity index (χ2v) is 6.64. The Kier molecular flexibility index (Phi) is 7.00. The van der Waals surface area contributed by atoms with Crippen molar-refractivity contribution in [2.75, 3.05) is 33.7 Å². The molecule has 0 amide bonds. The summed E-state index contributed by atoms with van der Waals surface area (Å²) in [4.78, 5) is 17.5. The Hall–Kier alpha value is -0.420. The third-order valence-electron chi connectivity index (χ3n) is 3.20. The fourth-order valence-corrected chi connectivity index (χ4v) is 3.10. The van der Waals surface area contributed by atoms with Crippen molar-refractivity contribution in [1.82, 2.24) is 9.80 Å². The molecular weight excluding hydrogens is 280 g/mol. The highest BCUT2D eigenvalue weighted by atomic mass is 35.5. The smallest absolute Gasteiger partial charge is 0.189 e. The number of ketones is 1. The molecular formula is C14H23ClN2OS. The first kappa shape index (κ1) is 16.6. The molecule has 3 nitrogen and oxygen atoms in total. The first-order valence-electron chi connectivity index (χ1n) is 6.64. The molecule has 5 heteroatoms. The van der Waals surface area contributed by atoms with Gasteiger partial charge in [0.1, 0.15) is 0 Å². The summed E-state index contributed by atoms with van der Waals surface area (Å²) in [5.74, 6) is 0.170. The van der Waals surface area contributed by atoms with E-state index in [9.17, 15) is 4.79 Å². The molecule has 0 saturated carbocycles. The number of rotatable bonds is 8. The van der Waals surface area contributed by atoms with Crippen LogP contribution in [0.5, 0.6) is 0 Å². The zero-order valence-electron chi connectivity index (χ0n) is 12.1. The fourth-order valence-electron chi connectivity index (χ4n) is 2.03. The van der Waals surface area contributed by atoms with Crippen LogP contribution in [0.2, 0.25) is 4.34 Å². The lowest BCUT2D eigenvalue weighted by Gasteiger charge is -2.26. The number of carbonyl (C=O) groups excluding carboxylic acids is 1. The molecule has 1 heterocycles. The SMILES string of the molecule is CCN(CCCN(C)C)C(C)C(=O)c1ccc(Cl)s1. The molecule has 0 bridgehead atoms. The van der Waals surface area contributed by atoms with Gasteiger partial charge in [-0.25, -0.2) is 0 Å². The average molecular weight is 303 g/mol. The van der Waals surface area contributed by atoms with Gasteiger partial charge in [0.05, 0.1) is 15.3 Å². The van der Waals surface area contributed by atoms with Gasteiger partial charge >= 0.3 is 0 Å². The van der Waals surface area contributed by atoms with E-state index < -0.39 is 0 Å². The molecule has 0 radical (unpaired) electrons. The van der Waals surface area contributed by atoms with Gasteiger partial charge in [0, 0.05) is 6.54 Å². The summed E-state index contributed by atoms with van der Waals surface area (Å²) in [7, 11) is 4.14. The van der Waals surface area contributed by atoms with Gasteiger partial charge in [-0.15, -0.1) is 11.3 Å². The Morgan fingerprint density at radius 2 is 2.05 bits per heavy atom. The number of thiophene rings is 1. The van der Waals surface area contributed by atoms with Crippen LogP contribution >= 0.6 is 22.9 Å². The molecule has 0 aliphatic carbocycles. The van der Waals surface area contributed by atoms with Crippen LogP contribution in [0.15, 0.2) is 12.1 Å². The van der Waals surface area contributed by atoms with E-state index in [2.05, 4.69) is 30.8 Å². The van der Waals surface area contributed by atoms with Gasteiger partial charge in [-0.2, -0.15) is 0 Å². The van der Waals surface area contributed by atoms with Crippen LogP contribution in [-0.4, -0.2) is 55.4 Å². The Balaban J connectivity index is 2.57. The topological polar surface area (TPSA) is 23.6 Å². The summed E-state index contributed by atoms with van der Waals surface area (Å²) in [6.45, 7) is 6.96. The Morgan fingerprint density at radius 1 is 1.37 bits per heavy atom. The van der Waals surface area contributed by atoms with Gasteiger partial charge in [-0.1, -0.05) is 18.5 Å². The van der Waals surface area contributed by atoms with Crippen molar-refractivity contribution in [3.8, 4) is 0 Å². The second-order valence-electron chi connectivity index (χ2n) is 4.93. The average Bonchev–Trinajstić information content (AvgIpc) is 2.79. The van der Waals surface area contributed by atoms with Gasteiger partial charge in [0.2, 0.25) is 0 Å². The quantitative estimate of drug-likeness (QED) is 0.689. The first-order chi connectivity index (χ1) is 8.95. The lowest BCUT2D eigenvalue weighted by molar-refractivity contribution is 0.0845. The molecule has 19 heavy (non-hydrogen) atoms. The Bertz CT molecular complexity index is 406. The first-order valence-corrected chi connectivity index (χ1v) is 7.83. The van der Waals surface area contributed by atoms with E-state index in [0.717, 1.165) is 30.9 Å². The predicted octanol–water partition coefficient (Wildman–Crippen LogP) is 3.25. The summed E-state index contributed by atoms with van der Waals surface area (Å²) < 4.78 is 0.672. The number of halogens is 1. The van der Waals surface area contributed by atoms with E-state index in [1.54, 1.807) is 6.07 Å². The molecule has 1 atom stereocenters. The summed E-state index contributed by atoms with van der Waals surface area (Å²) >= 11 is 7.25. The zero-order valence-corrected chi connectivity index (χ0v) is 13.7. The number of likely N-dealkylation sites (N-methyl/N-ethyl adjacent to an activating group) is 1. The highest BCUT2D eigenvalue weighted by Gasteiger charge is 2.22. The van der Waals surface area contributed by atoms with Crippen molar-refractivity contribution in [1.29, 1.82) is 0 Å². The standard InChI is InChI=1S/C14H23ClN2OS/c1-5-17(10-6-9-16(3)4)11(2)14(18)12-7-8-13(15)19-12/h7-8,11H,5-6,9-10H2,1-4H3. The third-order valence-corrected chi connectivity index (χ3v) is 4.45. The molecule has 0 aromatic carbocycles. The molecule has 1 unspecified atom stereocenters. The lowest BCUT2D eigenvalue weighted by atomic mass is 10.1. The maximum atomic E-state index is 12.4. The summed E-state index contributed by atoms with van der Waals surface area (Å²) in [5, 5.41) is 0. The highest BCUT2D eigenvalue weighted by molar-refractivity contribution is 7.18. The molecule has 0 aliphatic heterocycles. The maximum Gasteiger partial charge on any atom is 0.189 e. The van der Waals surface area contributed by atoms with Crippen molar-refractivity contribution in [2.24, 2.45) is 0 Å². The summed E-state index contributed by atoms with van der Waals surface area (Å²) in [5.41, 5.74) is 0. The zero-order chi connectivity index (χ0) is 14.4. The van der Waals surface area contributed by atoms with Crippen LogP contribution in [0.4, 0.5) is 0 Å². The Labute approximate surface area is 125 Å². The van der Waals surface area contributed by atoms with Crippen molar-refractivity contribution in [2.45, 2.75) is 26.3 Å². The molecule has 0 fully saturated rings. The van der Waals surface area contributed by atoms with Crippen molar-refractivity contribution in [3.05, 3.63) is 21.3 Å². The van der Waals surface area contributed by atoms with Gasteiger partial charge in [-0.05, 0) is 52.7 Å². The number of hydrogen-bond donors (Lipinski definition) is 0. The second kappa shape index (κ2) is 8.00. The van der Waals surface area contributed by atoms with Crippen molar-refractivity contribution in [3.63, 3.8) is 0 Å². The molecule has 108 valence electrons. The van der Waals surface area contributed by atoms with E-state index in [-0.39, 0.29) is 11.8 Å². The number of hydrogen-bond acceptors (Lipinski definition) is 4. The monoisotopic (exact) mass is 302 g/mol. The van der Waals surface area contributed by atoms with Gasteiger partial charge in [-0.3, -0.25) is 9.69 Å². The lowest BCUT2D eigenvalue weighted by Crippen LogP contribution is -2.40. The minimum absolute atomic E-state index is 0.0816. The van der Waals surface area contributed by atoms with E-state index in [1.165, 1.54) is 11.3 Å². The van der Waals surface area contributed by atoms with Crippen LogP contribution in [-0.2, 0) is 0 Å². The molecule has 1 aromatic rings. The van der Waals surface area contributed by atoms with E-state index >= 15 is 0 Å². The summed E-state index contributed by atoms with van der Waals surface area (Å²) in [6.07, 6.45) is 1.07. The Morgan fingerprint density at radius 3 is 2.53 bits per heavy atom. The summed E-state index contributed by atoms with van der Waals surface area (Å²) in [6, 6.07) is 3.52. The molecule has 0 spiro atoms. The van der Waals surface area contributed by atoms with Crippen molar-refractivity contribution >= 4 is 28.7 Å². The predicted molar refractivity (Wildman–Crippen MR) is 83.5 cm³/mol. The van der Waals surface area contributed by atoms with Crippen LogP contribution < -0.4 is 0 Å². The van der Waals surface area contributed by atoms with E-state index in [1.807, 2.05) is 13.0 Å². The van der Waals surface area contributed by atoms with Crippen LogP contribution in [0.1, 0.15) is 29.9 Å². The molecule has 0 saturated heterocycles. The maximum absolute atomic E-state index is 12.4. The highest BCUT2D eigenvalue weighted by Crippen LogP contribution is 2.23. The molecule has 1 aromatic heterocycles. The number of nitrogens with zero attached hydrogens (tertiary/aromatic N) is 2. The molecule has 1 rings (SSSR count).